The number of benzene rings is 1. The average Bonchev–Trinajstić information content (AvgIpc) is 3.33. The molecule has 3 aromatic heterocycles. The number of nitrogen functional groups attached to an aromatic ring is 1. The summed E-state index contributed by atoms with van der Waals surface area (Å²) in [6.07, 6.45) is 6.06. The van der Waals surface area contributed by atoms with Gasteiger partial charge in [0.2, 0.25) is 5.88 Å². The standard InChI is InChI=1S/C20H19N7O2/c21-13-3-1-11(2-4-13)7-15-9-17(23-14-5-6-14)27-18(24-15)12(10-22-27)8-16-19(28)26-20(29)25-16/h1-4,8-10,14,28H,5-7,21H2,(H2,25,26,29). The minimum Gasteiger partial charge on any atom is -0.493 e. The Labute approximate surface area is 164 Å². The van der Waals surface area contributed by atoms with E-state index in [-0.39, 0.29) is 11.6 Å². The third kappa shape index (κ3) is 3.49. The van der Waals surface area contributed by atoms with Crippen LogP contribution in [0.2, 0.25) is 0 Å². The van der Waals surface area contributed by atoms with Crippen LogP contribution in [-0.4, -0.2) is 35.7 Å². The van der Waals surface area contributed by atoms with Gasteiger partial charge in [-0.25, -0.2) is 9.78 Å². The predicted molar refractivity (Wildman–Crippen MR) is 107 cm³/mol. The molecule has 0 saturated heterocycles. The van der Waals surface area contributed by atoms with Crippen LogP contribution in [0.1, 0.15) is 29.8 Å². The number of rotatable bonds is 4. The first-order chi connectivity index (χ1) is 14.0. The van der Waals surface area contributed by atoms with Gasteiger partial charge in [0.05, 0.1) is 17.9 Å². The van der Waals surface area contributed by atoms with Gasteiger partial charge in [0.1, 0.15) is 5.69 Å². The van der Waals surface area contributed by atoms with Crippen molar-refractivity contribution in [2.45, 2.75) is 25.3 Å². The van der Waals surface area contributed by atoms with Gasteiger partial charge in [-0.15, -0.1) is 0 Å². The van der Waals surface area contributed by atoms with Crippen molar-refractivity contribution in [3.63, 3.8) is 0 Å². The van der Waals surface area contributed by atoms with Crippen molar-refractivity contribution in [2.24, 2.45) is 4.99 Å². The van der Waals surface area contributed by atoms with Crippen LogP contribution in [0.15, 0.2) is 46.3 Å². The molecule has 29 heavy (non-hydrogen) atoms. The SMILES string of the molecule is Nc1ccc(Cc2cc(=NC3CC3)n3ncc(=Cc4[nH]c(=O)[nH]c4O)c3n2)cc1. The zero-order valence-corrected chi connectivity index (χ0v) is 15.5. The van der Waals surface area contributed by atoms with E-state index in [4.69, 9.17) is 15.7 Å². The van der Waals surface area contributed by atoms with Crippen LogP contribution in [0.3, 0.4) is 0 Å². The quantitative estimate of drug-likeness (QED) is 0.370. The van der Waals surface area contributed by atoms with E-state index in [1.807, 2.05) is 30.3 Å². The molecular weight excluding hydrogens is 370 g/mol. The maximum Gasteiger partial charge on any atom is 0.326 e. The smallest absolute Gasteiger partial charge is 0.326 e. The second-order valence-electron chi connectivity index (χ2n) is 7.21. The third-order valence-corrected chi connectivity index (χ3v) is 4.80. The summed E-state index contributed by atoms with van der Waals surface area (Å²) >= 11 is 0. The van der Waals surface area contributed by atoms with E-state index in [0.29, 0.717) is 23.3 Å². The monoisotopic (exact) mass is 389 g/mol. The highest BCUT2D eigenvalue weighted by molar-refractivity contribution is 5.56. The van der Waals surface area contributed by atoms with Crippen LogP contribution < -0.4 is 22.1 Å². The Morgan fingerprint density at radius 2 is 2.07 bits per heavy atom. The van der Waals surface area contributed by atoms with Crippen LogP contribution in [0.5, 0.6) is 5.88 Å². The fourth-order valence-corrected chi connectivity index (χ4v) is 3.18. The lowest BCUT2D eigenvalue weighted by molar-refractivity contribution is 0.454. The van der Waals surface area contributed by atoms with Gasteiger partial charge in [0.25, 0.3) is 0 Å². The Bertz CT molecular complexity index is 1380. The third-order valence-electron chi connectivity index (χ3n) is 4.80. The Morgan fingerprint density at radius 1 is 1.28 bits per heavy atom. The molecule has 9 nitrogen and oxygen atoms in total. The molecule has 0 aliphatic heterocycles. The number of nitrogens with two attached hydrogens (primary N) is 1. The van der Waals surface area contributed by atoms with Crippen molar-refractivity contribution in [2.75, 3.05) is 5.73 Å². The van der Waals surface area contributed by atoms with Gasteiger partial charge in [-0.05, 0) is 36.6 Å². The molecule has 1 aliphatic carbocycles. The molecule has 0 atom stereocenters. The normalized spacial score (nSPS) is 15.4. The second kappa shape index (κ2) is 6.62. The number of hydrogen-bond donors (Lipinski definition) is 4. The fourth-order valence-electron chi connectivity index (χ4n) is 3.18. The van der Waals surface area contributed by atoms with E-state index < -0.39 is 5.69 Å². The number of nitrogens with zero attached hydrogens (tertiary/aromatic N) is 4. The number of imidazole rings is 1. The number of aromatic hydroxyl groups is 1. The van der Waals surface area contributed by atoms with Gasteiger partial charge < -0.3 is 15.8 Å². The molecule has 5 rings (SSSR count). The highest BCUT2D eigenvalue weighted by atomic mass is 16.3. The van der Waals surface area contributed by atoms with E-state index in [9.17, 15) is 9.90 Å². The number of hydrogen-bond acceptors (Lipinski definition) is 6. The van der Waals surface area contributed by atoms with E-state index >= 15 is 0 Å². The number of anilines is 1. The Hall–Kier alpha value is -3.88. The molecule has 0 radical (unpaired) electrons. The van der Waals surface area contributed by atoms with Crippen LogP contribution in [0.4, 0.5) is 5.69 Å². The first kappa shape index (κ1) is 17.2. The van der Waals surface area contributed by atoms with E-state index in [0.717, 1.165) is 35.3 Å². The molecule has 0 amide bonds. The molecule has 5 N–H and O–H groups in total. The fraction of sp³-hybridized carbons (Fsp3) is 0.200. The van der Waals surface area contributed by atoms with Gasteiger partial charge in [0.15, 0.2) is 11.1 Å². The summed E-state index contributed by atoms with van der Waals surface area (Å²) in [5.41, 5.74) is 9.58. The van der Waals surface area contributed by atoms with E-state index in [2.05, 4.69) is 15.1 Å². The molecule has 0 unspecified atom stereocenters. The van der Waals surface area contributed by atoms with E-state index in [1.54, 1.807) is 16.8 Å². The van der Waals surface area contributed by atoms with Gasteiger partial charge in [-0.3, -0.25) is 9.98 Å². The lowest BCUT2D eigenvalue weighted by Crippen LogP contribution is -2.20. The largest absolute Gasteiger partial charge is 0.493 e. The molecule has 0 spiro atoms. The van der Waals surface area contributed by atoms with Crippen LogP contribution in [0.25, 0.3) is 11.7 Å². The van der Waals surface area contributed by atoms with Crippen molar-refractivity contribution < 1.29 is 5.11 Å². The summed E-state index contributed by atoms with van der Waals surface area (Å²) in [6.45, 7) is 0. The summed E-state index contributed by atoms with van der Waals surface area (Å²) < 4.78 is 1.69. The lowest BCUT2D eigenvalue weighted by atomic mass is 10.1. The molecule has 3 heterocycles. The zero-order chi connectivity index (χ0) is 20.0. The zero-order valence-electron chi connectivity index (χ0n) is 15.5. The maximum absolute atomic E-state index is 11.4. The number of nitrogens with one attached hydrogen (secondary N) is 2. The first-order valence-corrected chi connectivity index (χ1v) is 9.34. The minimum atomic E-state index is -0.480. The lowest BCUT2D eigenvalue weighted by Gasteiger charge is -2.04. The number of fused-ring (bicyclic) bond motifs is 1. The molecule has 1 saturated carbocycles. The van der Waals surface area contributed by atoms with Gasteiger partial charge in [-0.2, -0.15) is 9.61 Å². The summed E-state index contributed by atoms with van der Waals surface area (Å²) in [5.74, 6) is -0.227. The van der Waals surface area contributed by atoms with Crippen molar-refractivity contribution in [1.29, 1.82) is 0 Å². The number of aromatic nitrogens is 5. The second-order valence-corrected chi connectivity index (χ2v) is 7.21. The Morgan fingerprint density at radius 3 is 2.76 bits per heavy atom. The van der Waals surface area contributed by atoms with Crippen LogP contribution in [-0.2, 0) is 6.42 Å². The molecule has 1 aromatic carbocycles. The molecule has 4 aromatic rings. The topological polar surface area (TPSA) is 137 Å². The van der Waals surface area contributed by atoms with E-state index in [1.165, 1.54) is 0 Å². The van der Waals surface area contributed by atoms with Crippen molar-refractivity contribution >= 4 is 17.4 Å². The molecule has 1 fully saturated rings. The number of H-pyrrole nitrogens is 2. The number of aromatic amines is 2. The maximum atomic E-state index is 11.4. The van der Waals surface area contributed by atoms with Crippen molar-refractivity contribution in [3.8, 4) is 5.88 Å². The van der Waals surface area contributed by atoms with Crippen molar-refractivity contribution in [3.05, 3.63) is 74.7 Å². The van der Waals surface area contributed by atoms with Crippen LogP contribution in [0, 0.1) is 0 Å². The van der Waals surface area contributed by atoms with Gasteiger partial charge in [0, 0.05) is 23.4 Å². The van der Waals surface area contributed by atoms with Gasteiger partial charge >= 0.3 is 5.69 Å². The Balaban J connectivity index is 1.67. The molecule has 146 valence electrons. The highest BCUT2D eigenvalue weighted by Gasteiger charge is 2.20. The minimum absolute atomic E-state index is 0.227. The Kier molecular flexibility index (Phi) is 3.94. The summed E-state index contributed by atoms with van der Waals surface area (Å²) in [4.78, 5) is 25.8. The molecule has 0 bridgehead atoms. The summed E-state index contributed by atoms with van der Waals surface area (Å²) in [7, 11) is 0. The van der Waals surface area contributed by atoms with Crippen LogP contribution >= 0.6 is 0 Å². The summed E-state index contributed by atoms with van der Waals surface area (Å²) in [5, 5.41) is 15.0. The first-order valence-electron chi connectivity index (χ1n) is 9.34. The highest BCUT2D eigenvalue weighted by Crippen LogP contribution is 2.22. The van der Waals surface area contributed by atoms with Gasteiger partial charge in [-0.1, -0.05) is 12.1 Å². The predicted octanol–water partition coefficient (Wildman–Crippen LogP) is 0.235. The average molecular weight is 389 g/mol. The van der Waals surface area contributed by atoms with Crippen molar-refractivity contribution in [1.82, 2.24) is 24.6 Å². The summed E-state index contributed by atoms with van der Waals surface area (Å²) in [6, 6.07) is 9.97. The molecular formula is C20H19N7O2. The molecule has 9 heteroatoms. The molecule has 1 aliphatic rings.